The number of aryl methyl sites for hydroxylation is 3. The highest BCUT2D eigenvalue weighted by Crippen LogP contribution is 2.25. The Hall–Kier alpha value is -1.51. The molecule has 0 aromatic heterocycles. The van der Waals surface area contributed by atoms with Crippen molar-refractivity contribution in [3.05, 3.63) is 28.8 Å². The molecule has 0 atom stereocenters. The minimum Gasteiger partial charge on any atom is -0.365 e. The zero-order valence-electron chi connectivity index (χ0n) is 13.2. The largest absolute Gasteiger partial charge is 0.365 e. The summed E-state index contributed by atoms with van der Waals surface area (Å²) in [5, 5.41) is 2.99. The second-order valence-electron chi connectivity index (χ2n) is 6.40. The van der Waals surface area contributed by atoms with Crippen molar-refractivity contribution in [3.63, 3.8) is 0 Å². The van der Waals surface area contributed by atoms with Gasteiger partial charge in [-0.25, -0.2) is 0 Å². The Morgan fingerprint density at radius 1 is 1.16 bits per heavy atom. The molecule has 0 radical (unpaired) electrons. The lowest BCUT2D eigenvalue weighted by atomic mass is 10.0. The molecule has 1 aromatic rings. The minimum atomic E-state index is -0.185. The van der Waals surface area contributed by atoms with Crippen molar-refractivity contribution in [2.24, 2.45) is 0 Å². The van der Waals surface area contributed by atoms with E-state index in [1.54, 1.807) is 0 Å². The Morgan fingerprint density at radius 3 is 2.05 bits per heavy atom. The first-order valence-corrected chi connectivity index (χ1v) is 6.70. The molecule has 3 heteroatoms. The lowest BCUT2D eigenvalue weighted by molar-refractivity contribution is -0.121. The number of anilines is 1. The molecule has 0 saturated heterocycles. The van der Waals surface area contributed by atoms with Gasteiger partial charge in [-0.1, -0.05) is 17.7 Å². The fourth-order valence-electron chi connectivity index (χ4n) is 2.53. The van der Waals surface area contributed by atoms with Crippen molar-refractivity contribution in [3.8, 4) is 0 Å². The Balaban J connectivity index is 2.85. The van der Waals surface area contributed by atoms with Crippen LogP contribution in [0, 0.1) is 20.8 Å². The number of carbonyl (C=O) groups is 1. The molecule has 3 nitrogen and oxygen atoms in total. The van der Waals surface area contributed by atoms with Crippen molar-refractivity contribution in [1.29, 1.82) is 0 Å². The van der Waals surface area contributed by atoms with Crippen LogP contribution in [-0.4, -0.2) is 25.0 Å². The van der Waals surface area contributed by atoms with Gasteiger partial charge in [0, 0.05) is 18.3 Å². The van der Waals surface area contributed by atoms with Crippen LogP contribution in [0.1, 0.15) is 37.5 Å². The summed E-state index contributed by atoms with van der Waals surface area (Å²) < 4.78 is 0. The molecule has 0 spiro atoms. The smallest absolute Gasteiger partial charge is 0.239 e. The van der Waals surface area contributed by atoms with Crippen LogP contribution in [0.5, 0.6) is 0 Å². The second-order valence-corrected chi connectivity index (χ2v) is 6.40. The maximum absolute atomic E-state index is 12.0. The van der Waals surface area contributed by atoms with Gasteiger partial charge >= 0.3 is 0 Å². The van der Waals surface area contributed by atoms with Crippen LogP contribution in [0.25, 0.3) is 0 Å². The lowest BCUT2D eigenvalue weighted by Crippen LogP contribution is -2.45. The summed E-state index contributed by atoms with van der Waals surface area (Å²) in [6.07, 6.45) is 0. The van der Waals surface area contributed by atoms with Gasteiger partial charge in [0.05, 0.1) is 6.54 Å². The number of benzene rings is 1. The van der Waals surface area contributed by atoms with E-state index in [1.807, 2.05) is 32.7 Å². The van der Waals surface area contributed by atoms with E-state index >= 15 is 0 Å². The highest BCUT2D eigenvalue weighted by molar-refractivity contribution is 5.82. The number of rotatable bonds is 3. The van der Waals surface area contributed by atoms with Gasteiger partial charge in [-0.3, -0.25) is 4.79 Å². The minimum absolute atomic E-state index is 0.0503. The fourth-order valence-corrected chi connectivity index (χ4v) is 2.53. The number of hydrogen-bond acceptors (Lipinski definition) is 2. The summed E-state index contributed by atoms with van der Waals surface area (Å²) in [6, 6.07) is 4.31. The van der Waals surface area contributed by atoms with Gasteiger partial charge in [0.15, 0.2) is 0 Å². The van der Waals surface area contributed by atoms with Crippen molar-refractivity contribution in [1.82, 2.24) is 5.32 Å². The molecule has 1 aromatic carbocycles. The molecular weight excluding hydrogens is 236 g/mol. The molecule has 0 unspecified atom stereocenters. The van der Waals surface area contributed by atoms with Crippen molar-refractivity contribution in [2.75, 3.05) is 18.5 Å². The molecule has 0 fully saturated rings. The van der Waals surface area contributed by atoms with E-state index in [1.165, 1.54) is 16.7 Å². The third kappa shape index (κ3) is 4.58. The molecule has 106 valence electrons. The van der Waals surface area contributed by atoms with E-state index in [-0.39, 0.29) is 11.4 Å². The summed E-state index contributed by atoms with van der Waals surface area (Å²) in [6.45, 7) is 12.6. The van der Waals surface area contributed by atoms with E-state index in [2.05, 4.69) is 38.2 Å². The topological polar surface area (TPSA) is 32.3 Å². The summed E-state index contributed by atoms with van der Waals surface area (Å²) in [4.78, 5) is 14.0. The number of carbonyl (C=O) groups excluding carboxylic acids is 1. The molecule has 0 saturated carbocycles. The van der Waals surface area contributed by atoms with E-state index in [0.717, 1.165) is 5.69 Å². The van der Waals surface area contributed by atoms with E-state index in [0.29, 0.717) is 6.54 Å². The van der Waals surface area contributed by atoms with Crippen LogP contribution in [0.2, 0.25) is 0 Å². The maximum Gasteiger partial charge on any atom is 0.239 e. The monoisotopic (exact) mass is 262 g/mol. The summed E-state index contributed by atoms with van der Waals surface area (Å²) >= 11 is 0. The van der Waals surface area contributed by atoms with Gasteiger partial charge in [0.1, 0.15) is 0 Å². The molecular formula is C16H26N2O. The molecule has 1 amide bonds. The Bertz CT molecular complexity index is 449. The third-order valence-electron chi connectivity index (χ3n) is 2.91. The van der Waals surface area contributed by atoms with Gasteiger partial charge in [0.2, 0.25) is 5.91 Å². The Labute approximate surface area is 117 Å². The summed E-state index contributed by atoms with van der Waals surface area (Å²) in [7, 11) is 1.97. The first kappa shape index (κ1) is 15.5. The predicted molar refractivity (Wildman–Crippen MR) is 81.8 cm³/mol. The highest BCUT2D eigenvalue weighted by Gasteiger charge is 2.17. The number of likely N-dealkylation sites (N-methyl/N-ethyl adjacent to an activating group) is 1. The third-order valence-corrected chi connectivity index (χ3v) is 2.91. The fraction of sp³-hybridized carbons (Fsp3) is 0.562. The molecule has 19 heavy (non-hydrogen) atoms. The second kappa shape index (κ2) is 5.64. The van der Waals surface area contributed by atoms with E-state index in [4.69, 9.17) is 0 Å². The summed E-state index contributed by atoms with van der Waals surface area (Å²) in [5.74, 6) is 0.0503. The molecule has 0 heterocycles. The quantitative estimate of drug-likeness (QED) is 0.908. The van der Waals surface area contributed by atoms with Crippen molar-refractivity contribution < 1.29 is 4.79 Å². The van der Waals surface area contributed by atoms with Crippen LogP contribution in [0.4, 0.5) is 5.69 Å². The van der Waals surface area contributed by atoms with Crippen LogP contribution in [0.3, 0.4) is 0 Å². The molecule has 0 aliphatic rings. The molecule has 1 rings (SSSR count). The van der Waals surface area contributed by atoms with E-state index in [9.17, 15) is 4.79 Å². The number of nitrogens with one attached hydrogen (secondary N) is 1. The van der Waals surface area contributed by atoms with Crippen LogP contribution >= 0.6 is 0 Å². The Kier molecular flexibility index (Phi) is 4.61. The van der Waals surface area contributed by atoms with Gasteiger partial charge in [-0.05, 0) is 52.7 Å². The van der Waals surface area contributed by atoms with Gasteiger partial charge in [0.25, 0.3) is 0 Å². The zero-order chi connectivity index (χ0) is 14.8. The predicted octanol–water partition coefficient (Wildman–Crippen LogP) is 2.96. The lowest BCUT2D eigenvalue weighted by Gasteiger charge is -2.26. The number of nitrogens with zero attached hydrogens (tertiary/aromatic N) is 1. The Morgan fingerprint density at radius 2 is 1.63 bits per heavy atom. The molecule has 0 aliphatic carbocycles. The maximum atomic E-state index is 12.0. The van der Waals surface area contributed by atoms with Crippen molar-refractivity contribution >= 4 is 11.6 Å². The van der Waals surface area contributed by atoms with Gasteiger partial charge in [-0.2, -0.15) is 0 Å². The molecule has 0 bridgehead atoms. The number of amides is 1. The van der Waals surface area contributed by atoms with Gasteiger partial charge in [-0.15, -0.1) is 0 Å². The SMILES string of the molecule is Cc1cc(C)c(N(C)CC(=O)NC(C)(C)C)c(C)c1. The highest BCUT2D eigenvalue weighted by atomic mass is 16.2. The zero-order valence-corrected chi connectivity index (χ0v) is 13.2. The van der Waals surface area contributed by atoms with Crippen LogP contribution in [0.15, 0.2) is 12.1 Å². The molecule has 1 N–H and O–H groups in total. The average molecular weight is 262 g/mol. The molecule has 0 aliphatic heterocycles. The van der Waals surface area contributed by atoms with Crippen LogP contribution in [-0.2, 0) is 4.79 Å². The first-order valence-electron chi connectivity index (χ1n) is 6.70. The summed E-state index contributed by atoms with van der Waals surface area (Å²) in [5.41, 5.74) is 4.64. The first-order chi connectivity index (χ1) is 8.60. The average Bonchev–Trinajstić information content (AvgIpc) is 2.10. The number of hydrogen-bond donors (Lipinski definition) is 1. The standard InChI is InChI=1S/C16H26N2O/c1-11-8-12(2)15(13(3)9-11)18(7)10-14(19)17-16(4,5)6/h8-9H,10H2,1-7H3,(H,17,19). The normalized spacial score (nSPS) is 11.3. The van der Waals surface area contributed by atoms with E-state index < -0.39 is 0 Å². The van der Waals surface area contributed by atoms with Crippen molar-refractivity contribution in [2.45, 2.75) is 47.1 Å². The van der Waals surface area contributed by atoms with Crippen LogP contribution < -0.4 is 10.2 Å². The van der Waals surface area contributed by atoms with Gasteiger partial charge < -0.3 is 10.2 Å².